The molecule has 3 rings (SSSR count). The van der Waals surface area contributed by atoms with E-state index in [4.69, 9.17) is 9.47 Å². The number of benzene rings is 1. The molecule has 0 N–H and O–H groups in total. The van der Waals surface area contributed by atoms with Crippen molar-refractivity contribution in [2.24, 2.45) is 5.92 Å². The first-order chi connectivity index (χ1) is 10.2. The maximum Gasteiger partial charge on any atom is 0.302 e. The van der Waals surface area contributed by atoms with E-state index >= 15 is 0 Å². The van der Waals surface area contributed by atoms with Crippen LogP contribution in [0.5, 0.6) is 5.75 Å². The molecule has 0 heterocycles. The van der Waals surface area contributed by atoms with Crippen molar-refractivity contribution in [3.8, 4) is 5.75 Å². The first-order valence-corrected chi connectivity index (χ1v) is 8.12. The Bertz CT molecular complexity index is 476. The van der Waals surface area contributed by atoms with Gasteiger partial charge in [0.25, 0.3) is 0 Å². The fraction of sp³-hybridized carbons (Fsp3) is 0.611. The third kappa shape index (κ3) is 3.99. The average Bonchev–Trinajstić information content (AvgIpc) is 3.30. The minimum absolute atomic E-state index is 0.0366. The lowest BCUT2D eigenvalue weighted by molar-refractivity contribution is -0.148. The highest BCUT2D eigenvalue weighted by atomic mass is 16.5. The zero-order valence-corrected chi connectivity index (χ0v) is 12.7. The van der Waals surface area contributed by atoms with E-state index in [1.54, 1.807) is 0 Å². The second kappa shape index (κ2) is 6.50. The van der Waals surface area contributed by atoms with Gasteiger partial charge >= 0.3 is 5.97 Å². The molecule has 3 nitrogen and oxygen atoms in total. The topological polar surface area (TPSA) is 35.5 Å². The zero-order chi connectivity index (χ0) is 14.7. The standard InChI is InChI=1S/C18H24O3/c1-13(19)21-18-5-3-2-4-17(18)15-8-10-16(11-9-15)20-12-14-6-7-14/h8-11,14,17-18H,2-7,12H2,1H3/t17-,18+/m0/s1. The van der Waals surface area contributed by atoms with E-state index in [1.165, 1.54) is 31.7 Å². The van der Waals surface area contributed by atoms with Crippen LogP contribution in [0.1, 0.15) is 56.9 Å². The van der Waals surface area contributed by atoms with Gasteiger partial charge in [0.05, 0.1) is 6.61 Å². The van der Waals surface area contributed by atoms with E-state index < -0.39 is 0 Å². The molecule has 0 aliphatic heterocycles. The Morgan fingerprint density at radius 3 is 2.48 bits per heavy atom. The predicted octanol–water partition coefficient (Wildman–Crippen LogP) is 4.06. The minimum atomic E-state index is -0.170. The Morgan fingerprint density at radius 2 is 1.81 bits per heavy atom. The molecular weight excluding hydrogens is 264 g/mol. The van der Waals surface area contributed by atoms with E-state index in [0.717, 1.165) is 37.5 Å². The Hall–Kier alpha value is -1.51. The first-order valence-electron chi connectivity index (χ1n) is 8.12. The van der Waals surface area contributed by atoms with E-state index in [2.05, 4.69) is 24.3 Å². The van der Waals surface area contributed by atoms with Gasteiger partial charge in [-0.2, -0.15) is 0 Å². The third-order valence-electron chi connectivity index (χ3n) is 4.51. The first kappa shape index (κ1) is 14.4. The Kier molecular flexibility index (Phi) is 4.47. The summed E-state index contributed by atoms with van der Waals surface area (Å²) in [6, 6.07) is 8.37. The largest absolute Gasteiger partial charge is 0.493 e. The molecule has 0 spiro atoms. The third-order valence-corrected chi connectivity index (χ3v) is 4.51. The minimum Gasteiger partial charge on any atom is -0.493 e. The molecule has 0 amide bonds. The lowest BCUT2D eigenvalue weighted by Gasteiger charge is -2.31. The maximum absolute atomic E-state index is 11.3. The molecule has 2 atom stereocenters. The molecule has 0 radical (unpaired) electrons. The maximum atomic E-state index is 11.3. The summed E-state index contributed by atoms with van der Waals surface area (Å²) in [5.41, 5.74) is 1.26. The average molecular weight is 288 g/mol. The van der Waals surface area contributed by atoms with Gasteiger partial charge in [-0.1, -0.05) is 18.6 Å². The van der Waals surface area contributed by atoms with Crippen LogP contribution in [0.25, 0.3) is 0 Å². The molecule has 0 aromatic heterocycles. The molecule has 2 fully saturated rings. The van der Waals surface area contributed by atoms with Crippen LogP contribution >= 0.6 is 0 Å². The summed E-state index contributed by atoms with van der Waals surface area (Å²) in [4.78, 5) is 11.3. The molecule has 0 saturated heterocycles. The highest BCUT2D eigenvalue weighted by Crippen LogP contribution is 2.36. The van der Waals surface area contributed by atoms with Crippen LogP contribution in [0.3, 0.4) is 0 Å². The fourth-order valence-electron chi connectivity index (χ4n) is 3.14. The summed E-state index contributed by atoms with van der Waals surface area (Å²) in [5, 5.41) is 0. The molecule has 21 heavy (non-hydrogen) atoms. The summed E-state index contributed by atoms with van der Waals surface area (Å²) in [6.07, 6.45) is 7.09. The quantitative estimate of drug-likeness (QED) is 0.766. The van der Waals surface area contributed by atoms with E-state index in [-0.39, 0.29) is 12.1 Å². The molecule has 114 valence electrons. The Labute approximate surface area is 126 Å². The van der Waals surface area contributed by atoms with Gasteiger partial charge < -0.3 is 9.47 Å². The molecule has 2 aliphatic carbocycles. The van der Waals surface area contributed by atoms with Crippen LogP contribution in [0.15, 0.2) is 24.3 Å². The Morgan fingerprint density at radius 1 is 1.10 bits per heavy atom. The van der Waals surface area contributed by atoms with Crippen LogP contribution < -0.4 is 4.74 Å². The lowest BCUT2D eigenvalue weighted by Crippen LogP contribution is -2.27. The number of carbonyl (C=O) groups is 1. The van der Waals surface area contributed by atoms with Crippen LogP contribution in [0.4, 0.5) is 0 Å². The van der Waals surface area contributed by atoms with Gasteiger partial charge in [0, 0.05) is 12.8 Å². The second-order valence-electron chi connectivity index (χ2n) is 6.36. The van der Waals surface area contributed by atoms with Crippen molar-refractivity contribution in [3.05, 3.63) is 29.8 Å². The number of hydrogen-bond donors (Lipinski definition) is 0. The monoisotopic (exact) mass is 288 g/mol. The van der Waals surface area contributed by atoms with Crippen LogP contribution in [-0.2, 0) is 9.53 Å². The zero-order valence-electron chi connectivity index (χ0n) is 12.7. The van der Waals surface area contributed by atoms with Gasteiger partial charge in [0.2, 0.25) is 0 Å². The van der Waals surface area contributed by atoms with Gasteiger partial charge in [-0.3, -0.25) is 4.79 Å². The van der Waals surface area contributed by atoms with Crippen molar-refractivity contribution in [1.29, 1.82) is 0 Å². The van der Waals surface area contributed by atoms with E-state index in [1.807, 2.05) is 0 Å². The van der Waals surface area contributed by atoms with Crippen LogP contribution in [0.2, 0.25) is 0 Å². The molecule has 0 bridgehead atoms. The summed E-state index contributed by atoms with van der Waals surface area (Å²) in [5.74, 6) is 1.89. The van der Waals surface area contributed by atoms with Crippen molar-refractivity contribution >= 4 is 5.97 Å². The van der Waals surface area contributed by atoms with Gasteiger partial charge in [-0.15, -0.1) is 0 Å². The van der Waals surface area contributed by atoms with Crippen LogP contribution in [-0.4, -0.2) is 18.7 Å². The number of rotatable bonds is 5. The van der Waals surface area contributed by atoms with Crippen molar-refractivity contribution < 1.29 is 14.3 Å². The molecule has 0 unspecified atom stereocenters. The molecule has 2 aliphatic rings. The van der Waals surface area contributed by atoms with Gasteiger partial charge in [0.15, 0.2) is 0 Å². The Balaban J connectivity index is 1.64. The van der Waals surface area contributed by atoms with E-state index in [0.29, 0.717) is 5.92 Å². The van der Waals surface area contributed by atoms with Gasteiger partial charge in [0.1, 0.15) is 11.9 Å². The number of hydrogen-bond acceptors (Lipinski definition) is 3. The van der Waals surface area contributed by atoms with Crippen LogP contribution in [0, 0.1) is 5.92 Å². The number of ether oxygens (including phenoxy) is 2. The normalized spacial score (nSPS) is 25.4. The van der Waals surface area contributed by atoms with Crippen molar-refractivity contribution in [2.75, 3.05) is 6.61 Å². The molecule has 1 aromatic rings. The fourth-order valence-corrected chi connectivity index (χ4v) is 3.14. The highest BCUT2D eigenvalue weighted by molar-refractivity contribution is 5.66. The second-order valence-corrected chi connectivity index (χ2v) is 6.36. The van der Waals surface area contributed by atoms with E-state index in [9.17, 15) is 4.79 Å². The molecule has 3 heteroatoms. The smallest absolute Gasteiger partial charge is 0.302 e. The van der Waals surface area contributed by atoms with Crippen molar-refractivity contribution in [2.45, 2.75) is 57.5 Å². The summed E-state index contributed by atoms with van der Waals surface area (Å²) < 4.78 is 11.3. The van der Waals surface area contributed by atoms with Gasteiger partial charge in [-0.05, 0) is 55.7 Å². The summed E-state index contributed by atoms with van der Waals surface area (Å²) in [6.45, 7) is 2.35. The van der Waals surface area contributed by atoms with Crippen molar-refractivity contribution in [1.82, 2.24) is 0 Å². The highest BCUT2D eigenvalue weighted by Gasteiger charge is 2.29. The molecule has 2 saturated carbocycles. The SMILES string of the molecule is CC(=O)O[C@@H]1CCCC[C@H]1c1ccc(OCC2CC2)cc1. The summed E-state index contributed by atoms with van der Waals surface area (Å²) in [7, 11) is 0. The molecule has 1 aromatic carbocycles. The molecular formula is C18H24O3. The lowest BCUT2D eigenvalue weighted by atomic mass is 9.81. The number of carbonyl (C=O) groups excluding carboxylic acids is 1. The predicted molar refractivity (Wildman–Crippen MR) is 81.4 cm³/mol. The van der Waals surface area contributed by atoms with Crippen molar-refractivity contribution in [3.63, 3.8) is 0 Å². The summed E-state index contributed by atoms with van der Waals surface area (Å²) >= 11 is 0. The van der Waals surface area contributed by atoms with Gasteiger partial charge in [-0.25, -0.2) is 0 Å². The number of esters is 1.